The number of piperidine rings is 1. The Morgan fingerprint density at radius 3 is 2.65 bits per heavy atom. The summed E-state index contributed by atoms with van der Waals surface area (Å²) in [4.78, 5) is 25.0. The number of carbonyl (C=O) groups excluding carboxylic acids is 2. The Kier molecular flexibility index (Phi) is 3.94. The third kappa shape index (κ3) is 3.16. The number of nitrogens with one attached hydrogen (secondary N) is 1. The highest BCUT2D eigenvalue weighted by Crippen LogP contribution is 2.20. The monoisotopic (exact) mass is 236 g/mol. The zero-order chi connectivity index (χ0) is 12.3. The second kappa shape index (κ2) is 5.45. The molecule has 0 bridgehead atoms. The second-order valence-corrected chi connectivity index (χ2v) is 5.02. The van der Waals surface area contributed by atoms with Crippen LogP contribution in [0.5, 0.6) is 0 Å². The van der Waals surface area contributed by atoms with Gasteiger partial charge in [0, 0.05) is 25.9 Å². The van der Waals surface area contributed by atoms with Crippen molar-refractivity contribution in [1.29, 1.82) is 0 Å². The summed E-state index contributed by atoms with van der Waals surface area (Å²) in [5.41, 5.74) is 1.36. The number of hydrogen-bond acceptors (Lipinski definition) is 3. The van der Waals surface area contributed by atoms with Crippen LogP contribution >= 0.6 is 0 Å². The van der Waals surface area contributed by atoms with Crippen molar-refractivity contribution in [3.63, 3.8) is 0 Å². The van der Waals surface area contributed by atoms with Crippen LogP contribution in [0, 0.1) is 5.92 Å². The molecular weight excluding hydrogens is 216 g/mol. The van der Waals surface area contributed by atoms with Gasteiger partial charge in [-0.25, -0.2) is 0 Å². The first-order valence-electron chi connectivity index (χ1n) is 6.38. The van der Waals surface area contributed by atoms with Gasteiger partial charge < -0.3 is 5.32 Å². The molecule has 2 amide bonds. The fourth-order valence-corrected chi connectivity index (χ4v) is 2.43. The zero-order valence-corrected chi connectivity index (χ0v) is 10.4. The molecule has 2 rings (SSSR count). The van der Waals surface area contributed by atoms with Crippen LogP contribution in [0.15, 0.2) is 11.6 Å². The molecule has 2 aliphatic heterocycles. The summed E-state index contributed by atoms with van der Waals surface area (Å²) in [7, 11) is 0. The van der Waals surface area contributed by atoms with E-state index in [1.54, 1.807) is 0 Å². The van der Waals surface area contributed by atoms with E-state index in [1.165, 1.54) is 10.5 Å². The van der Waals surface area contributed by atoms with Gasteiger partial charge in [-0.1, -0.05) is 18.6 Å². The van der Waals surface area contributed by atoms with Gasteiger partial charge >= 0.3 is 0 Å². The Hall–Kier alpha value is -1.16. The third-order valence-electron chi connectivity index (χ3n) is 3.46. The summed E-state index contributed by atoms with van der Waals surface area (Å²) in [6, 6.07) is 0. The van der Waals surface area contributed by atoms with E-state index in [1.807, 2.05) is 6.92 Å². The average molecular weight is 236 g/mol. The van der Waals surface area contributed by atoms with E-state index >= 15 is 0 Å². The Morgan fingerprint density at radius 2 is 2.06 bits per heavy atom. The van der Waals surface area contributed by atoms with Gasteiger partial charge in [0.1, 0.15) is 0 Å². The molecular formula is C13H20N2O2. The van der Waals surface area contributed by atoms with Crippen LogP contribution in [0.2, 0.25) is 0 Å². The smallest absolute Gasteiger partial charge is 0.229 e. The van der Waals surface area contributed by atoms with Crippen LogP contribution in [0.4, 0.5) is 0 Å². The van der Waals surface area contributed by atoms with Gasteiger partial charge in [0.15, 0.2) is 0 Å². The van der Waals surface area contributed by atoms with E-state index < -0.39 is 0 Å². The molecule has 4 nitrogen and oxygen atoms in total. The first-order valence-corrected chi connectivity index (χ1v) is 6.38. The largest absolute Gasteiger partial charge is 0.313 e. The Morgan fingerprint density at radius 1 is 1.35 bits per heavy atom. The van der Waals surface area contributed by atoms with Crippen molar-refractivity contribution in [1.82, 2.24) is 10.2 Å². The molecule has 0 aromatic heterocycles. The SMILES string of the molecule is CC1CC(=O)N(CCC2=CCNCC2)C(=O)C1. The summed E-state index contributed by atoms with van der Waals surface area (Å²) < 4.78 is 0. The minimum Gasteiger partial charge on any atom is -0.313 e. The minimum atomic E-state index is 0.00304. The third-order valence-corrected chi connectivity index (χ3v) is 3.46. The number of rotatable bonds is 3. The van der Waals surface area contributed by atoms with Gasteiger partial charge in [-0.15, -0.1) is 0 Å². The lowest BCUT2D eigenvalue weighted by atomic mass is 9.97. The van der Waals surface area contributed by atoms with Gasteiger partial charge in [0.05, 0.1) is 0 Å². The molecule has 4 heteroatoms. The van der Waals surface area contributed by atoms with Crippen molar-refractivity contribution >= 4 is 11.8 Å². The number of carbonyl (C=O) groups is 2. The Balaban J connectivity index is 1.87. The number of amides is 2. The van der Waals surface area contributed by atoms with Crippen molar-refractivity contribution in [3.05, 3.63) is 11.6 Å². The van der Waals surface area contributed by atoms with Crippen molar-refractivity contribution in [2.75, 3.05) is 19.6 Å². The van der Waals surface area contributed by atoms with Crippen molar-refractivity contribution in [2.45, 2.75) is 32.6 Å². The van der Waals surface area contributed by atoms with Gasteiger partial charge in [0.2, 0.25) is 11.8 Å². The van der Waals surface area contributed by atoms with E-state index in [4.69, 9.17) is 0 Å². The molecule has 1 fully saturated rings. The molecule has 0 aliphatic carbocycles. The summed E-state index contributed by atoms with van der Waals surface area (Å²) in [5.74, 6) is 0.218. The van der Waals surface area contributed by atoms with Gasteiger partial charge in [-0.3, -0.25) is 14.5 Å². The standard InChI is InChI=1S/C13H20N2O2/c1-10-8-12(16)15(13(17)9-10)7-4-11-2-5-14-6-3-11/h2,10,14H,3-9H2,1H3. The number of imide groups is 1. The van der Waals surface area contributed by atoms with Gasteiger partial charge in [-0.2, -0.15) is 0 Å². The van der Waals surface area contributed by atoms with E-state index in [-0.39, 0.29) is 17.7 Å². The molecule has 1 saturated heterocycles. The van der Waals surface area contributed by atoms with Crippen molar-refractivity contribution in [2.24, 2.45) is 5.92 Å². The highest BCUT2D eigenvalue weighted by molar-refractivity contribution is 5.97. The van der Waals surface area contributed by atoms with Crippen LogP contribution < -0.4 is 5.32 Å². The second-order valence-electron chi connectivity index (χ2n) is 5.02. The molecule has 0 saturated carbocycles. The molecule has 0 aromatic carbocycles. The first-order chi connectivity index (χ1) is 8.16. The topological polar surface area (TPSA) is 49.4 Å². The molecule has 94 valence electrons. The predicted octanol–water partition coefficient (Wildman–Crippen LogP) is 1.08. The highest BCUT2D eigenvalue weighted by Gasteiger charge is 2.29. The fourth-order valence-electron chi connectivity index (χ4n) is 2.43. The molecule has 0 atom stereocenters. The van der Waals surface area contributed by atoms with Crippen LogP contribution in [0.1, 0.15) is 32.6 Å². The Bertz CT molecular complexity index is 331. The number of hydrogen-bond donors (Lipinski definition) is 1. The predicted molar refractivity (Wildman–Crippen MR) is 65.3 cm³/mol. The average Bonchev–Trinajstić information content (AvgIpc) is 2.29. The van der Waals surface area contributed by atoms with E-state index in [9.17, 15) is 9.59 Å². The summed E-state index contributed by atoms with van der Waals surface area (Å²) in [6.45, 7) is 4.44. The highest BCUT2D eigenvalue weighted by atomic mass is 16.2. The van der Waals surface area contributed by atoms with Gasteiger partial charge in [-0.05, 0) is 25.3 Å². The molecule has 0 radical (unpaired) electrons. The van der Waals surface area contributed by atoms with Crippen LogP contribution in [0.3, 0.4) is 0 Å². The first kappa shape index (κ1) is 12.3. The molecule has 0 unspecified atom stereocenters. The Labute approximate surface area is 102 Å². The normalized spacial score (nSPS) is 22.9. The van der Waals surface area contributed by atoms with Gasteiger partial charge in [0.25, 0.3) is 0 Å². The van der Waals surface area contributed by atoms with Crippen molar-refractivity contribution in [3.8, 4) is 0 Å². The fraction of sp³-hybridized carbons (Fsp3) is 0.692. The molecule has 17 heavy (non-hydrogen) atoms. The van der Waals surface area contributed by atoms with E-state index in [0.717, 1.165) is 25.9 Å². The maximum absolute atomic E-state index is 11.8. The van der Waals surface area contributed by atoms with Crippen LogP contribution in [-0.4, -0.2) is 36.3 Å². The maximum Gasteiger partial charge on any atom is 0.229 e. The maximum atomic E-state index is 11.8. The zero-order valence-electron chi connectivity index (χ0n) is 10.4. The molecule has 0 aromatic rings. The molecule has 1 N–H and O–H groups in total. The summed E-state index contributed by atoms with van der Waals surface area (Å²) in [6.07, 6.45) is 5.09. The number of likely N-dealkylation sites (tertiary alicyclic amines) is 1. The quantitative estimate of drug-likeness (QED) is 0.589. The van der Waals surface area contributed by atoms with Crippen LogP contribution in [0.25, 0.3) is 0 Å². The lowest BCUT2D eigenvalue weighted by Crippen LogP contribution is -2.43. The molecule has 2 aliphatic rings. The summed E-state index contributed by atoms with van der Waals surface area (Å²) >= 11 is 0. The van der Waals surface area contributed by atoms with Crippen molar-refractivity contribution < 1.29 is 9.59 Å². The molecule has 2 heterocycles. The van der Waals surface area contributed by atoms with E-state index in [2.05, 4.69) is 11.4 Å². The number of nitrogens with zero attached hydrogens (tertiary/aromatic N) is 1. The molecule has 0 spiro atoms. The lowest BCUT2D eigenvalue weighted by molar-refractivity contribution is -0.149. The van der Waals surface area contributed by atoms with E-state index in [0.29, 0.717) is 19.4 Å². The minimum absolute atomic E-state index is 0.00304. The lowest BCUT2D eigenvalue weighted by Gasteiger charge is -2.28. The summed E-state index contributed by atoms with van der Waals surface area (Å²) in [5, 5.41) is 3.25. The van der Waals surface area contributed by atoms with Crippen LogP contribution in [-0.2, 0) is 9.59 Å².